The molecule has 0 saturated heterocycles. The first-order valence-electron chi connectivity index (χ1n) is 7.63. The lowest BCUT2D eigenvalue weighted by molar-refractivity contribution is -0.120. The number of nitrogens with one attached hydrogen (secondary N) is 2. The molecule has 1 aliphatic rings. The number of anilines is 2. The van der Waals surface area contributed by atoms with E-state index in [1.807, 2.05) is 32.0 Å². The second kappa shape index (κ2) is 6.57. The molecular formula is C18H18N2O3S. The summed E-state index contributed by atoms with van der Waals surface area (Å²) in [5, 5.41) is 4.60. The van der Waals surface area contributed by atoms with Crippen molar-refractivity contribution in [1.29, 1.82) is 0 Å². The Hall–Kier alpha value is -2.47. The second-order valence-corrected chi connectivity index (χ2v) is 7.43. The molecule has 6 heteroatoms. The maximum Gasteiger partial charge on any atom is 0.241 e. The van der Waals surface area contributed by atoms with E-state index in [-0.39, 0.29) is 18.2 Å². The van der Waals surface area contributed by atoms with Crippen LogP contribution in [-0.4, -0.2) is 21.3 Å². The molecule has 2 amide bonds. The van der Waals surface area contributed by atoms with Gasteiger partial charge in [-0.2, -0.15) is 0 Å². The van der Waals surface area contributed by atoms with Gasteiger partial charge in [-0.3, -0.25) is 13.8 Å². The first kappa shape index (κ1) is 16.4. The topological polar surface area (TPSA) is 75.3 Å². The highest BCUT2D eigenvalue weighted by Gasteiger charge is 2.34. The molecule has 2 atom stereocenters. The molecule has 124 valence electrons. The van der Waals surface area contributed by atoms with E-state index in [0.29, 0.717) is 16.3 Å². The molecule has 2 N–H and O–H groups in total. The van der Waals surface area contributed by atoms with Crippen LogP contribution in [0.25, 0.3) is 0 Å². The minimum absolute atomic E-state index is 0.125. The van der Waals surface area contributed by atoms with Gasteiger partial charge in [0.1, 0.15) is 5.25 Å². The summed E-state index contributed by atoms with van der Waals surface area (Å²) in [4.78, 5) is 25.0. The summed E-state index contributed by atoms with van der Waals surface area (Å²) >= 11 is 0. The number of aryl methyl sites for hydroxylation is 2. The third-order valence-corrected chi connectivity index (χ3v) is 5.76. The summed E-state index contributed by atoms with van der Waals surface area (Å²) in [7, 11) is -1.54. The van der Waals surface area contributed by atoms with Gasteiger partial charge in [0.15, 0.2) is 0 Å². The molecule has 0 fully saturated rings. The molecule has 1 heterocycles. The average molecular weight is 342 g/mol. The van der Waals surface area contributed by atoms with Crippen LogP contribution in [-0.2, 0) is 20.4 Å². The summed E-state index contributed by atoms with van der Waals surface area (Å²) in [6.07, 6.45) is -0.125. The fourth-order valence-electron chi connectivity index (χ4n) is 2.58. The Morgan fingerprint density at radius 1 is 1.17 bits per heavy atom. The Kier molecular flexibility index (Phi) is 4.49. The number of rotatable bonds is 3. The molecule has 0 radical (unpaired) electrons. The van der Waals surface area contributed by atoms with Gasteiger partial charge in [-0.1, -0.05) is 18.2 Å². The summed E-state index contributed by atoms with van der Waals surface area (Å²) in [6.45, 7) is 3.96. The van der Waals surface area contributed by atoms with Crippen LogP contribution in [0.4, 0.5) is 11.4 Å². The highest BCUT2D eigenvalue weighted by atomic mass is 32.2. The number of hydrogen-bond acceptors (Lipinski definition) is 3. The number of amides is 2. The number of hydrogen-bond donors (Lipinski definition) is 2. The summed E-state index contributed by atoms with van der Waals surface area (Å²) in [5.74, 6) is -0.714. The third kappa shape index (κ3) is 3.23. The lowest BCUT2D eigenvalue weighted by atomic mass is 10.1. The van der Waals surface area contributed by atoms with Gasteiger partial charge >= 0.3 is 0 Å². The lowest BCUT2D eigenvalue weighted by Crippen LogP contribution is -2.39. The molecule has 24 heavy (non-hydrogen) atoms. The van der Waals surface area contributed by atoms with Crippen LogP contribution in [0.1, 0.15) is 17.5 Å². The first-order valence-corrected chi connectivity index (χ1v) is 8.84. The predicted octanol–water partition coefficient (Wildman–Crippen LogP) is 2.76. The van der Waals surface area contributed by atoms with Crippen LogP contribution in [0.15, 0.2) is 47.4 Å². The molecule has 5 nitrogen and oxygen atoms in total. The molecule has 0 unspecified atom stereocenters. The van der Waals surface area contributed by atoms with Crippen molar-refractivity contribution in [3.05, 3.63) is 53.6 Å². The Labute approximate surface area is 142 Å². The van der Waals surface area contributed by atoms with Gasteiger partial charge < -0.3 is 10.6 Å². The van der Waals surface area contributed by atoms with Crippen molar-refractivity contribution in [3.8, 4) is 0 Å². The van der Waals surface area contributed by atoms with Crippen molar-refractivity contribution in [2.45, 2.75) is 30.4 Å². The number of para-hydroxylation sites is 1. The van der Waals surface area contributed by atoms with Crippen molar-refractivity contribution in [2.24, 2.45) is 0 Å². The molecule has 0 aromatic heterocycles. The van der Waals surface area contributed by atoms with Crippen molar-refractivity contribution in [3.63, 3.8) is 0 Å². The van der Waals surface area contributed by atoms with Crippen LogP contribution < -0.4 is 10.6 Å². The maximum atomic E-state index is 12.6. The smallest absolute Gasteiger partial charge is 0.241 e. The zero-order chi connectivity index (χ0) is 17.3. The highest BCUT2D eigenvalue weighted by Crippen LogP contribution is 2.28. The Morgan fingerprint density at radius 3 is 2.67 bits per heavy atom. The van der Waals surface area contributed by atoms with Crippen LogP contribution in [0.5, 0.6) is 0 Å². The van der Waals surface area contributed by atoms with Gasteiger partial charge in [-0.25, -0.2) is 0 Å². The van der Waals surface area contributed by atoms with E-state index in [1.54, 1.807) is 24.3 Å². The zero-order valence-corrected chi connectivity index (χ0v) is 14.3. The minimum Gasteiger partial charge on any atom is -0.326 e. The minimum atomic E-state index is -1.54. The van der Waals surface area contributed by atoms with Crippen molar-refractivity contribution in [1.82, 2.24) is 0 Å². The molecule has 2 aromatic carbocycles. The maximum absolute atomic E-state index is 12.6. The lowest BCUT2D eigenvalue weighted by Gasteiger charge is -2.23. The van der Waals surface area contributed by atoms with Gasteiger partial charge in [0.25, 0.3) is 0 Å². The molecule has 0 saturated carbocycles. The summed E-state index contributed by atoms with van der Waals surface area (Å²) < 4.78 is 12.6. The van der Waals surface area contributed by atoms with Gasteiger partial charge in [-0.05, 0) is 49.2 Å². The van der Waals surface area contributed by atoms with E-state index in [2.05, 4.69) is 10.6 Å². The zero-order valence-electron chi connectivity index (χ0n) is 13.5. The summed E-state index contributed by atoms with van der Waals surface area (Å²) in [5.41, 5.74) is 3.43. The van der Waals surface area contributed by atoms with Gasteiger partial charge in [0.2, 0.25) is 11.8 Å². The highest BCUT2D eigenvalue weighted by molar-refractivity contribution is 7.86. The molecule has 0 spiro atoms. The van der Waals surface area contributed by atoms with E-state index >= 15 is 0 Å². The average Bonchev–Trinajstić information content (AvgIpc) is 2.55. The normalized spacial score (nSPS) is 19.3. The Morgan fingerprint density at radius 2 is 1.92 bits per heavy atom. The van der Waals surface area contributed by atoms with Crippen molar-refractivity contribution < 1.29 is 13.8 Å². The van der Waals surface area contributed by atoms with Crippen molar-refractivity contribution in [2.75, 3.05) is 10.6 Å². The fraction of sp³-hybridized carbons (Fsp3) is 0.222. The van der Waals surface area contributed by atoms with E-state index in [9.17, 15) is 13.8 Å². The molecule has 2 aromatic rings. The van der Waals surface area contributed by atoms with Crippen LogP contribution in [0.3, 0.4) is 0 Å². The molecular weight excluding hydrogens is 324 g/mol. The number of benzene rings is 2. The second-order valence-electron chi connectivity index (χ2n) is 5.82. The Bertz CT molecular complexity index is 848. The van der Waals surface area contributed by atoms with Crippen LogP contribution in [0, 0.1) is 13.8 Å². The largest absolute Gasteiger partial charge is 0.326 e. The van der Waals surface area contributed by atoms with Crippen LogP contribution in [0.2, 0.25) is 0 Å². The fourth-order valence-corrected chi connectivity index (χ4v) is 3.99. The van der Waals surface area contributed by atoms with Gasteiger partial charge in [0.05, 0.1) is 27.8 Å². The predicted molar refractivity (Wildman–Crippen MR) is 94.4 cm³/mol. The van der Waals surface area contributed by atoms with E-state index in [4.69, 9.17) is 0 Å². The number of carbonyl (C=O) groups excluding carboxylic acids is 2. The van der Waals surface area contributed by atoms with E-state index in [0.717, 1.165) is 11.1 Å². The van der Waals surface area contributed by atoms with Gasteiger partial charge in [-0.15, -0.1) is 0 Å². The first-order chi connectivity index (χ1) is 11.5. The molecule has 0 aliphatic carbocycles. The van der Waals surface area contributed by atoms with Crippen LogP contribution >= 0.6 is 0 Å². The van der Waals surface area contributed by atoms with E-state index in [1.165, 1.54) is 0 Å². The number of fused-ring (bicyclic) bond motifs is 1. The van der Waals surface area contributed by atoms with Crippen molar-refractivity contribution >= 4 is 34.0 Å². The monoisotopic (exact) mass is 342 g/mol. The Balaban J connectivity index is 1.73. The molecule has 0 bridgehead atoms. The molecule has 3 rings (SSSR count). The van der Waals surface area contributed by atoms with E-state index < -0.39 is 16.0 Å². The summed E-state index contributed by atoms with van der Waals surface area (Å²) in [6, 6.07) is 12.6. The molecule has 1 aliphatic heterocycles. The quantitative estimate of drug-likeness (QED) is 0.900. The SMILES string of the molecule is Cc1ccc(NC(=O)C[C@@H]2C(=O)Nc3ccccc3[S@@]2=O)cc1C. The standard InChI is InChI=1S/C18H18N2O3S/c1-11-7-8-13(9-12(11)2)19-17(21)10-16-18(22)20-14-5-3-4-6-15(14)24(16)23/h3-9,16H,10H2,1-2H3,(H,19,21)(H,20,22)/t16-,24+/m1/s1. The van der Waals surface area contributed by atoms with Gasteiger partial charge in [0, 0.05) is 5.69 Å². The third-order valence-electron chi connectivity index (χ3n) is 4.07. The number of carbonyl (C=O) groups is 2.